The standard InChI is InChI=1S/C9H7Cl2FN4/c10-4-2-15-16(3-4)9-6(14)1-5(13)7(11)8(9)12/h1-3H,13-14H2. The van der Waals surface area contributed by atoms with Crippen molar-refractivity contribution in [1.29, 1.82) is 0 Å². The lowest BCUT2D eigenvalue weighted by Gasteiger charge is -2.10. The topological polar surface area (TPSA) is 69.9 Å². The maximum absolute atomic E-state index is 13.8. The maximum Gasteiger partial charge on any atom is 0.171 e. The van der Waals surface area contributed by atoms with Gasteiger partial charge in [0.15, 0.2) is 5.82 Å². The normalized spacial score (nSPS) is 10.7. The van der Waals surface area contributed by atoms with Crippen molar-refractivity contribution in [2.24, 2.45) is 0 Å². The molecule has 0 radical (unpaired) electrons. The minimum atomic E-state index is -0.723. The molecule has 0 spiro atoms. The first-order valence-electron chi connectivity index (χ1n) is 4.24. The highest BCUT2D eigenvalue weighted by Crippen LogP contribution is 2.32. The Hall–Kier alpha value is -1.46. The Kier molecular flexibility index (Phi) is 2.65. The molecule has 2 rings (SSSR count). The minimum Gasteiger partial charge on any atom is -0.397 e. The smallest absolute Gasteiger partial charge is 0.171 e. The van der Waals surface area contributed by atoms with Crippen LogP contribution in [0.3, 0.4) is 0 Å². The summed E-state index contributed by atoms with van der Waals surface area (Å²) in [6.07, 6.45) is 2.79. The molecule has 1 aromatic carbocycles. The Bertz CT molecular complexity index is 553. The molecule has 1 heterocycles. The van der Waals surface area contributed by atoms with Crippen LogP contribution in [0.1, 0.15) is 0 Å². The Morgan fingerprint density at radius 2 is 1.94 bits per heavy atom. The van der Waals surface area contributed by atoms with Gasteiger partial charge in [-0.25, -0.2) is 9.07 Å². The quantitative estimate of drug-likeness (QED) is 0.775. The Labute approximate surface area is 101 Å². The van der Waals surface area contributed by atoms with Crippen LogP contribution in [0.5, 0.6) is 0 Å². The average Bonchev–Trinajstić information content (AvgIpc) is 2.61. The summed E-state index contributed by atoms with van der Waals surface area (Å²) in [7, 11) is 0. The second-order valence-electron chi connectivity index (χ2n) is 3.13. The molecule has 0 amide bonds. The van der Waals surface area contributed by atoms with Crippen molar-refractivity contribution in [2.75, 3.05) is 11.5 Å². The summed E-state index contributed by atoms with van der Waals surface area (Å²) < 4.78 is 15.0. The van der Waals surface area contributed by atoms with E-state index in [2.05, 4.69) is 5.10 Å². The van der Waals surface area contributed by atoms with E-state index in [4.69, 9.17) is 34.7 Å². The molecular weight excluding hydrogens is 254 g/mol. The molecule has 4 N–H and O–H groups in total. The van der Waals surface area contributed by atoms with E-state index in [9.17, 15) is 4.39 Å². The lowest BCUT2D eigenvalue weighted by Crippen LogP contribution is -2.05. The van der Waals surface area contributed by atoms with Gasteiger partial charge in [0, 0.05) is 6.20 Å². The molecule has 7 heteroatoms. The molecule has 0 saturated carbocycles. The van der Waals surface area contributed by atoms with E-state index in [1.165, 1.54) is 23.1 Å². The number of nitrogens with two attached hydrogens (primary N) is 2. The Morgan fingerprint density at radius 3 is 2.50 bits per heavy atom. The number of hydrogen-bond donors (Lipinski definition) is 2. The van der Waals surface area contributed by atoms with Crippen LogP contribution in [0.25, 0.3) is 5.69 Å². The van der Waals surface area contributed by atoms with Crippen molar-refractivity contribution < 1.29 is 4.39 Å². The fourth-order valence-electron chi connectivity index (χ4n) is 1.31. The average molecular weight is 261 g/mol. The molecule has 0 unspecified atom stereocenters. The third-order valence-electron chi connectivity index (χ3n) is 2.02. The highest BCUT2D eigenvalue weighted by Gasteiger charge is 2.16. The molecule has 0 aliphatic heterocycles. The molecule has 4 nitrogen and oxygen atoms in total. The second-order valence-corrected chi connectivity index (χ2v) is 3.95. The van der Waals surface area contributed by atoms with Crippen molar-refractivity contribution in [3.8, 4) is 5.69 Å². The van der Waals surface area contributed by atoms with Crippen LogP contribution < -0.4 is 11.5 Å². The summed E-state index contributed by atoms with van der Waals surface area (Å²) in [5, 5.41) is 4.03. The first kappa shape index (κ1) is 11.0. The molecule has 1 aromatic heterocycles. The molecule has 84 valence electrons. The van der Waals surface area contributed by atoms with Gasteiger partial charge in [0.25, 0.3) is 0 Å². The van der Waals surface area contributed by atoms with Crippen LogP contribution in [0.2, 0.25) is 10.0 Å². The van der Waals surface area contributed by atoms with Crippen LogP contribution in [-0.4, -0.2) is 9.78 Å². The summed E-state index contributed by atoms with van der Waals surface area (Å²) in [4.78, 5) is 0. The SMILES string of the molecule is Nc1cc(N)c(-n2cc(Cl)cn2)c(F)c1Cl. The number of nitrogen functional groups attached to an aromatic ring is 2. The fraction of sp³-hybridized carbons (Fsp3) is 0. The second kappa shape index (κ2) is 3.84. The minimum absolute atomic E-state index is 0.0334. The van der Waals surface area contributed by atoms with E-state index in [1.807, 2.05) is 0 Å². The zero-order chi connectivity index (χ0) is 11.9. The van der Waals surface area contributed by atoms with E-state index in [1.54, 1.807) is 0 Å². The monoisotopic (exact) mass is 260 g/mol. The van der Waals surface area contributed by atoms with Crippen LogP contribution in [-0.2, 0) is 0 Å². The molecule has 2 aromatic rings. The lowest BCUT2D eigenvalue weighted by atomic mass is 10.2. The molecule has 0 fully saturated rings. The zero-order valence-electron chi connectivity index (χ0n) is 7.92. The molecular formula is C9H7Cl2FN4. The summed E-state index contributed by atoms with van der Waals surface area (Å²) in [5.74, 6) is -0.723. The van der Waals surface area contributed by atoms with Gasteiger partial charge in [0.05, 0.1) is 22.6 Å². The fourth-order valence-corrected chi connectivity index (χ4v) is 1.59. The van der Waals surface area contributed by atoms with Crippen LogP contribution in [0.15, 0.2) is 18.5 Å². The van der Waals surface area contributed by atoms with Gasteiger partial charge in [-0.1, -0.05) is 23.2 Å². The highest BCUT2D eigenvalue weighted by molar-refractivity contribution is 6.33. The molecule has 0 aliphatic rings. The number of benzene rings is 1. The van der Waals surface area contributed by atoms with Gasteiger partial charge in [-0.2, -0.15) is 5.10 Å². The van der Waals surface area contributed by atoms with Crippen molar-refractivity contribution in [1.82, 2.24) is 9.78 Å². The van der Waals surface area contributed by atoms with Gasteiger partial charge in [-0.15, -0.1) is 0 Å². The van der Waals surface area contributed by atoms with E-state index < -0.39 is 5.82 Å². The van der Waals surface area contributed by atoms with Gasteiger partial charge in [0.2, 0.25) is 0 Å². The molecule has 0 bridgehead atoms. The number of hydrogen-bond acceptors (Lipinski definition) is 3. The number of halogens is 3. The Morgan fingerprint density at radius 1 is 1.25 bits per heavy atom. The predicted molar refractivity (Wildman–Crippen MR) is 62.4 cm³/mol. The molecule has 0 saturated heterocycles. The first-order chi connectivity index (χ1) is 7.50. The van der Waals surface area contributed by atoms with Gasteiger partial charge in [0.1, 0.15) is 10.7 Å². The van der Waals surface area contributed by atoms with Crippen molar-refractivity contribution in [3.63, 3.8) is 0 Å². The van der Waals surface area contributed by atoms with Gasteiger partial charge < -0.3 is 11.5 Å². The third kappa shape index (κ3) is 1.68. The van der Waals surface area contributed by atoms with Crippen molar-refractivity contribution in [2.45, 2.75) is 0 Å². The van der Waals surface area contributed by atoms with Crippen LogP contribution in [0, 0.1) is 5.82 Å². The van der Waals surface area contributed by atoms with Gasteiger partial charge >= 0.3 is 0 Å². The van der Waals surface area contributed by atoms with Crippen molar-refractivity contribution in [3.05, 3.63) is 34.3 Å². The number of nitrogens with zero attached hydrogens (tertiary/aromatic N) is 2. The summed E-state index contributed by atoms with van der Waals surface area (Å²) >= 11 is 11.4. The van der Waals surface area contributed by atoms with Crippen LogP contribution >= 0.6 is 23.2 Å². The number of rotatable bonds is 1. The first-order valence-corrected chi connectivity index (χ1v) is 4.99. The Balaban J connectivity index is 2.70. The third-order valence-corrected chi connectivity index (χ3v) is 2.60. The maximum atomic E-state index is 13.8. The zero-order valence-corrected chi connectivity index (χ0v) is 9.43. The molecule has 0 atom stereocenters. The molecule has 16 heavy (non-hydrogen) atoms. The van der Waals surface area contributed by atoms with E-state index in [0.717, 1.165) is 0 Å². The summed E-state index contributed by atoms with van der Waals surface area (Å²) in [6, 6.07) is 1.37. The lowest BCUT2D eigenvalue weighted by molar-refractivity contribution is 0.613. The predicted octanol–water partition coefficient (Wildman–Crippen LogP) is 2.48. The van der Waals surface area contributed by atoms with Gasteiger partial charge in [-0.05, 0) is 6.07 Å². The van der Waals surface area contributed by atoms with Crippen molar-refractivity contribution >= 4 is 34.6 Å². The van der Waals surface area contributed by atoms with E-state index in [0.29, 0.717) is 5.02 Å². The van der Waals surface area contributed by atoms with Gasteiger partial charge in [-0.3, -0.25) is 0 Å². The summed E-state index contributed by atoms with van der Waals surface area (Å²) in [6.45, 7) is 0. The number of anilines is 2. The highest BCUT2D eigenvalue weighted by atomic mass is 35.5. The van der Waals surface area contributed by atoms with E-state index in [-0.39, 0.29) is 22.1 Å². The van der Waals surface area contributed by atoms with Crippen LogP contribution in [0.4, 0.5) is 15.8 Å². The van der Waals surface area contributed by atoms with E-state index >= 15 is 0 Å². The largest absolute Gasteiger partial charge is 0.397 e. The summed E-state index contributed by atoms with van der Waals surface area (Å²) in [5.41, 5.74) is 11.4. The number of aromatic nitrogens is 2. The molecule has 0 aliphatic carbocycles.